The van der Waals surface area contributed by atoms with Crippen molar-refractivity contribution in [1.29, 1.82) is 0 Å². The molecule has 2 aromatic rings. The molecule has 152 valence electrons. The first-order chi connectivity index (χ1) is 14.1. The number of ether oxygens (including phenoxy) is 5. The summed E-state index contributed by atoms with van der Waals surface area (Å²) in [5.74, 6) is 2.57. The Morgan fingerprint density at radius 1 is 1.10 bits per heavy atom. The van der Waals surface area contributed by atoms with E-state index in [-0.39, 0.29) is 18.8 Å². The van der Waals surface area contributed by atoms with E-state index in [0.29, 0.717) is 18.0 Å². The maximum atomic E-state index is 12.0. The molecule has 3 aliphatic rings. The quantitative estimate of drug-likeness (QED) is 0.737. The van der Waals surface area contributed by atoms with Crippen molar-refractivity contribution in [2.75, 3.05) is 27.6 Å². The molecule has 0 aliphatic carbocycles. The van der Waals surface area contributed by atoms with Crippen LogP contribution in [-0.2, 0) is 22.5 Å². The average Bonchev–Trinajstić information content (AvgIpc) is 3.17. The fourth-order valence-corrected chi connectivity index (χ4v) is 4.74. The van der Waals surface area contributed by atoms with Crippen LogP contribution in [0.3, 0.4) is 0 Å². The van der Waals surface area contributed by atoms with Crippen LogP contribution in [0.1, 0.15) is 41.3 Å². The first-order valence-electron chi connectivity index (χ1n) is 9.68. The van der Waals surface area contributed by atoms with Crippen LogP contribution >= 0.6 is 0 Å². The van der Waals surface area contributed by atoms with E-state index < -0.39 is 6.10 Å². The van der Waals surface area contributed by atoms with E-state index in [1.165, 1.54) is 12.5 Å². The van der Waals surface area contributed by atoms with E-state index in [9.17, 15) is 4.79 Å². The highest BCUT2D eigenvalue weighted by Gasteiger charge is 2.43. The molecule has 5 rings (SSSR count). The van der Waals surface area contributed by atoms with Crippen molar-refractivity contribution < 1.29 is 28.5 Å². The average molecular weight is 397 g/mol. The van der Waals surface area contributed by atoms with Crippen molar-refractivity contribution in [3.63, 3.8) is 0 Å². The third-order valence-corrected chi connectivity index (χ3v) is 5.95. The lowest BCUT2D eigenvalue weighted by Gasteiger charge is -2.45. The molecular formula is C22H23NO6. The second-order valence-corrected chi connectivity index (χ2v) is 7.47. The number of fused-ring (bicyclic) bond motifs is 5. The summed E-state index contributed by atoms with van der Waals surface area (Å²) in [6.45, 7) is 3.21. The zero-order valence-corrected chi connectivity index (χ0v) is 16.7. The molecular weight excluding hydrogens is 374 g/mol. The topological polar surface area (TPSA) is 66.5 Å². The molecule has 0 saturated heterocycles. The van der Waals surface area contributed by atoms with Crippen molar-refractivity contribution in [3.05, 3.63) is 46.5 Å². The second-order valence-electron chi connectivity index (χ2n) is 7.47. The van der Waals surface area contributed by atoms with Crippen LogP contribution in [0, 0.1) is 0 Å². The fraction of sp³-hybridized carbons (Fsp3) is 0.409. The first kappa shape index (κ1) is 18.1. The van der Waals surface area contributed by atoms with Gasteiger partial charge in [0.2, 0.25) is 6.79 Å². The molecule has 7 heteroatoms. The number of hydrogen-bond acceptors (Lipinski definition) is 7. The van der Waals surface area contributed by atoms with Crippen molar-refractivity contribution in [2.24, 2.45) is 0 Å². The van der Waals surface area contributed by atoms with Crippen LogP contribution in [0.25, 0.3) is 0 Å². The molecule has 0 amide bonds. The monoisotopic (exact) mass is 397 g/mol. The van der Waals surface area contributed by atoms with Gasteiger partial charge in [0.25, 0.3) is 0 Å². The molecule has 0 saturated carbocycles. The van der Waals surface area contributed by atoms with Crippen molar-refractivity contribution in [2.45, 2.75) is 32.0 Å². The van der Waals surface area contributed by atoms with Crippen LogP contribution in [0.5, 0.6) is 23.0 Å². The Morgan fingerprint density at radius 2 is 1.90 bits per heavy atom. The molecule has 29 heavy (non-hydrogen) atoms. The molecule has 0 bridgehead atoms. The lowest BCUT2D eigenvalue weighted by atomic mass is 9.81. The molecule has 7 nitrogen and oxygen atoms in total. The lowest BCUT2D eigenvalue weighted by Crippen LogP contribution is -2.43. The Labute approximate surface area is 169 Å². The molecule has 0 fully saturated rings. The van der Waals surface area contributed by atoms with Crippen LogP contribution in [-0.4, -0.2) is 38.4 Å². The highest BCUT2D eigenvalue weighted by Crippen LogP contribution is 2.52. The molecule has 0 unspecified atom stereocenters. The van der Waals surface area contributed by atoms with Gasteiger partial charge >= 0.3 is 5.97 Å². The van der Waals surface area contributed by atoms with Crippen LogP contribution in [0.15, 0.2) is 24.3 Å². The Balaban J connectivity index is 1.67. The number of carbonyl (C=O) groups is 1. The maximum absolute atomic E-state index is 12.0. The Bertz CT molecular complexity index is 988. The summed E-state index contributed by atoms with van der Waals surface area (Å²) in [5.41, 5.74) is 4.27. The van der Waals surface area contributed by atoms with Crippen molar-refractivity contribution >= 4 is 5.97 Å². The highest BCUT2D eigenvalue weighted by atomic mass is 16.7. The summed E-state index contributed by atoms with van der Waals surface area (Å²) in [6.07, 6.45) is 0.437. The van der Waals surface area contributed by atoms with Gasteiger partial charge in [0.1, 0.15) is 6.10 Å². The van der Waals surface area contributed by atoms with Gasteiger partial charge in [-0.25, -0.2) is 0 Å². The van der Waals surface area contributed by atoms with Gasteiger partial charge in [-0.1, -0.05) is 6.07 Å². The summed E-state index contributed by atoms with van der Waals surface area (Å²) in [5, 5.41) is 0. The van der Waals surface area contributed by atoms with Gasteiger partial charge in [0.15, 0.2) is 23.0 Å². The summed E-state index contributed by atoms with van der Waals surface area (Å²) in [4.78, 5) is 14.4. The van der Waals surface area contributed by atoms with Gasteiger partial charge < -0.3 is 23.7 Å². The molecule has 2 atom stereocenters. The standard InChI is InChI=1S/C22H23NO6/c1-12(24)29-22-14-4-5-17(25-2)21(26-3)16(14)10-23-7-6-13-8-18-19(28-11-27-18)9-15(13)20(22)23/h4-5,8-9,20,22H,6-7,10-11H2,1-3H3/t20-,22-/m1/s1. The van der Waals surface area contributed by atoms with E-state index in [2.05, 4.69) is 11.0 Å². The van der Waals surface area contributed by atoms with Gasteiger partial charge in [0, 0.05) is 31.1 Å². The summed E-state index contributed by atoms with van der Waals surface area (Å²) >= 11 is 0. The molecule has 0 radical (unpaired) electrons. The largest absolute Gasteiger partial charge is 0.493 e. The van der Waals surface area contributed by atoms with E-state index in [1.807, 2.05) is 18.2 Å². The number of rotatable bonds is 3. The van der Waals surface area contributed by atoms with E-state index in [0.717, 1.165) is 41.2 Å². The predicted molar refractivity (Wildman–Crippen MR) is 103 cm³/mol. The second kappa shape index (κ2) is 6.84. The zero-order chi connectivity index (χ0) is 20.1. The predicted octanol–water partition coefficient (Wildman–Crippen LogP) is 3.15. The molecule has 2 aromatic carbocycles. The maximum Gasteiger partial charge on any atom is 0.303 e. The van der Waals surface area contributed by atoms with Crippen LogP contribution < -0.4 is 18.9 Å². The molecule has 3 aliphatic heterocycles. The number of methoxy groups -OCH3 is 2. The minimum absolute atomic E-state index is 0.0947. The number of esters is 1. The van der Waals surface area contributed by atoms with Gasteiger partial charge in [0.05, 0.1) is 20.3 Å². The van der Waals surface area contributed by atoms with Crippen LogP contribution in [0.2, 0.25) is 0 Å². The minimum Gasteiger partial charge on any atom is -0.493 e. The van der Waals surface area contributed by atoms with Gasteiger partial charge in [-0.2, -0.15) is 0 Å². The van der Waals surface area contributed by atoms with Gasteiger partial charge in [-0.05, 0) is 35.7 Å². The normalized spacial score (nSPS) is 21.6. The van der Waals surface area contributed by atoms with Crippen molar-refractivity contribution in [3.8, 4) is 23.0 Å². The van der Waals surface area contributed by atoms with E-state index in [4.69, 9.17) is 23.7 Å². The first-order valence-corrected chi connectivity index (χ1v) is 9.68. The number of hydrogen-bond donors (Lipinski definition) is 0. The Hall–Kier alpha value is -2.93. The molecule has 0 spiro atoms. The number of carbonyl (C=O) groups excluding carboxylic acids is 1. The zero-order valence-electron chi connectivity index (χ0n) is 16.7. The molecule has 0 aromatic heterocycles. The Kier molecular flexibility index (Phi) is 4.28. The SMILES string of the molecule is COc1ccc2c(c1OC)CN1CCc3cc4c(cc3[C@@H]1[C@@H]2OC(C)=O)OCO4. The molecule has 0 N–H and O–H groups in total. The smallest absolute Gasteiger partial charge is 0.303 e. The van der Waals surface area contributed by atoms with Crippen molar-refractivity contribution in [1.82, 2.24) is 4.90 Å². The highest BCUT2D eigenvalue weighted by molar-refractivity contribution is 5.67. The number of nitrogens with zero attached hydrogens (tertiary/aromatic N) is 1. The summed E-state index contributed by atoms with van der Waals surface area (Å²) < 4.78 is 28.2. The van der Waals surface area contributed by atoms with E-state index >= 15 is 0 Å². The summed E-state index contributed by atoms with van der Waals surface area (Å²) in [6, 6.07) is 7.85. The summed E-state index contributed by atoms with van der Waals surface area (Å²) in [7, 11) is 3.26. The fourth-order valence-electron chi connectivity index (χ4n) is 4.74. The molecule has 3 heterocycles. The third-order valence-electron chi connectivity index (χ3n) is 5.95. The lowest BCUT2D eigenvalue weighted by molar-refractivity contribution is -0.152. The third kappa shape index (κ3) is 2.80. The van der Waals surface area contributed by atoms with Gasteiger partial charge in [-0.15, -0.1) is 0 Å². The van der Waals surface area contributed by atoms with Crippen LogP contribution in [0.4, 0.5) is 0 Å². The Morgan fingerprint density at radius 3 is 2.62 bits per heavy atom. The van der Waals surface area contributed by atoms with Gasteiger partial charge in [-0.3, -0.25) is 9.69 Å². The minimum atomic E-state index is -0.449. The number of benzene rings is 2. The van der Waals surface area contributed by atoms with E-state index in [1.54, 1.807) is 14.2 Å².